The molecule has 1 aromatic carbocycles. The highest BCUT2D eigenvalue weighted by Crippen LogP contribution is 2.34. The van der Waals surface area contributed by atoms with Gasteiger partial charge in [-0.1, -0.05) is 87.9 Å². The summed E-state index contributed by atoms with van der Waals surface area (Å²) < 4.78 is 6.14. The van der Waals surface area contributed by atoms with Gasteiger partial charge >= 0.3 is 0 Å². The molecule has 0 bridgehead atoms. The number of rotatable bonds is 19. The number of amides is 3. The van der Waals surface area contributed by atoms with Crippen molar-refractivity contribution in [1.82, 2.24) is 20.0 Å². The molecule has 2 N–H and O–H groups in total. The number of nitrogens with zero attached hydrogens (tertiary/aromatic N) is 3. The number of aliphatic hydroxyl groups excluding tert-OH is 1. The number of likely N-dealkylation sites (tertiary alicyclic amines) is 1. The van der Waals surface area contributed by atoms with E-state index in [1.54, 1.807) is 24.3 Å². The maximum Gasteiger partial charge on any atom is 0.255 e. The van der Waals surface area contributed by atoms with Crippen LogP contribution >= 0.6 is 0 Å². The number of piperidine rings is 1. The molecule has 292 valence electrons. The third kappa shape index (κ3) is 12.1. The second-order valence-electron chi connectivity index (χ2n) is 13.9. The fourth-order valence-corrected chi connectivity index (χ4v) is 7.28. The van der Waals surface area contributed by atoms with Gasteiger partial charge in [0, 0.05) is 38.2 Å². The van der Waals surface area contributed by atoms with Crippen LogP contribution < -0.4 is 10.1 Å². The normalized spacial score (nSPS) is 20.6. The van der Waals surface area contributed by atoms with E-state index in [0.717, 1.165) is 111 Å². The van der Waals surface area contributed by atoms with Gasteiger partial charge in [0.05, 0.1) is 12.9 Å². The van der Waals surface area contributed by atoms with Crippen LogP contribution in [-0.2, 0) is 14.4 Å². The van der Waals surface area contributed by atoms with Crippen LogP contribution in [0.2, 0.25) is 0 Å². The summed E-state index contributed by atoms with van der Waals surface area (Å²) >= 11 is 0. The Morgan fingerprint density at radius 2 is 1.67 bits per heavy atom. The van der Waals surface area contributed by atoms with Crippen molar-refractivity contribution in [1.29, 1.82) is 0 Å². The number of hydrogen-bond acceptors (Lipinski definition) is 7. The van der Waals surface area contributed by atoms with E-state index in [9.17, 15) is 19.5 Å². The Kier molecular flexibility index (Phi) is 17.2. The number of carbonyl (C=O) groups excluding carboxylic acids is 3. The Balaban J connectivity index is 1.19. The molecule has 4 rings (SSSR count). The van der Waals surface area contributed by atoms with Crippen LogP contribution in [0.5, 0.6) is 5.75 Å². The first kappa shape index (κ1) is 42.5. The van der Waals surface area contributed by atoms with Crippen LogP contribution in [0.1, 0.15) is 57.4 Å². The molecule has 9 heteroatoms. The zero-order valence-corrected chi connectivity index (χ0v) is 32.5. The Hall–Kier alpha value is -5.25. The van der Waals surface area contributed by atoms with E-state index in [4.69, 9.17) is 4.74 Å². The second-order valence-corrected chi connectivity index (χ2v) is 13.9. The van der Waals surface area contributed by atoms with E-state index in [2.05, 4.69) is 66.6 Å². The van der Waals surface area contributed by atoms with E-state index < -0.39 is 11.9 Å². The lowest BCUT2D eigenvalue weighted by molar-refractivity contribution is -0.142. The first-order valence-electron chi connectivity index (χ1n) is 19.4. The summed E-state index contributed by atoms with van der Waals surface area (Å²) in [7, 11) is 0. The third-order valence-electron chi connectivity index (χ3n) is 10.2. The van der Waals surface area contributed by atoms with Gasteiger partial charge in [-0.2, -0.15) is 0 Å². The molecule has 3 aliphatic heterocycles. The van der Waals surface area contributed by atoms with Crippen molar-refractivity contribution in [2.45, 2.75) is 57.9 Å². The lowest BCUT2D eigenvalue weighted by Gasteiger charge is -2.28. The molecule has 3 saturated heterocycles. The van der Waals surface area contributed by atoms with Crippen molar-refractivity contribution in [3.8, 4) is 5.75 Å². The average molecular weight is 747 g/mol. The predicted octanol–water partition coefficient (Wildman–Crippen LogP) is 7.58. The molecule has 3 amide bonds. The van der Waals surface area contributed by atoms with E-state index in [1.165, 1.54) is 4.90 Å². The van der Waals surface area contributed by atoms with Crippen molar-refractivity contribution in [3.63, 3.8) is 0 Å². The first-order chi connectivity index (χ1) is 26.7. The lowest BCUT2D eigenvalue weighted by Crippen LogP contribution is -2.52. The zero-order valence-electron chi connectivity index (χ0n) is 32.5. The summed E-state index contributed by atoms with van der Waals surface area (Å²) in [5.74, 6) is -0.0745. The van der Waals surface area contributed by atoms with Gasteiger partial charge < -0.3 is 24.5 Å². The molecule has 3 heterocycles. The van der Waals surface area contributed by atoms with Gasteiger partial charge in [-0.25, -0.2) is 0 Å². The Labute approximate surface area is 327 Å². The van der Waals surface area contributed by atoms with Crippen LogP contribution in [0.4, 0.5) is 0 Å². The molecule has 0 radical (unpaired) electrons. The van der Waals surface area contributed by atoms with E-state index in [-0.39, 0.29) is 18.2 Å². The van der Waals surface area contributed by atoms with Crippen LogP contribution in [0.3, 0.4) is 0 Å². The molecule has 3 fully saturated rings. The van der Waals surface area contributed by atoms with Crippen molar-refractivity contribution >= 4 is 23.3 Å². The highest BCUT2D eigenvalue weighted by atomic mass is 16.5. The van der Waals surface area contributed by atoms with Crippen LogP contribution in [0.25, 0.3) is 5.57 Å². The number of aliphatic hydroxyl groups is 1. The fraction of sp³-hybridized carbons (Fsp3) is 0.370. The molecule has 1 unspecified atom stereocenters. The fourth-order valence-electron chi connectivity index (χ4n) is 7.28. The summed E-state index contributed by atoms with van der Waals surface area (Å²) in [6.07, 6.45) is 23.0. The minimum absolute atomic E-state index is 0.203. The number of allylic oxidation sites excluding steroid dienone is 12. The Morgan fingerprint density at radius 3 is 2.33 bits per heavy atom. The lowest BCUT2D eigenvalue weighted by atomic mass is 9.87. The smallest absolute Gasteiger partial charge is 0.255 e. The molecule has 0 aromatic heterocycles. The molecule has 9 nitrogen and oxygen atoms in total. The van der Waals surface area contributed by atoms with Crippen molar-refractivity contribution < 1.29 is 24.2 Å². The number of imide groups is 1. The minimum atomic E-state index is -0.623. The quantitative estimate of drug-likeness (QED) is 0.0495. The maximum absolute atomic E-state index is 13.0. The highest BCUT2D eigenvalue weighted by Gasteiger charge is 2.39. The van der Waals surface area contributed by atoms with Crippen LogP contribution in [0, 0.1) is 0 Å². The van der Waals surface area contributed by atoms with Gasteiger partial charge in [0.15, 0.2) is 0 Å². The molecular formula is C46H58N4O5. The topological polar surface area (TPSA) is 102 Å². The van der Waals surface area contributed by atoms with E-state index in [0.29, 0.717) is 30.7 Å². The number of benzene rings is 1. The third-order valence-corrected chi connectivity index (χ3v) is 10.2. The molecule has 0 saturated carbocycles. The molecule has 0 aliphatic carbocycles. The first-order valence-corrected chi connectivity index (χ1v) is 19.4. The molecule has 55 heavy (non-hydrogen) atoms. The summed E-state index contributed by atoms with van der Waals surface area (Å²) in [5, 5.41) is 11.6. The number of carbonyl (C=O) groups is 3. The summed E-state index contributed by atoms with van der Waals surface area (Å²) in [4.78, 5) is 43.4. The number of nitrogens with one attached hydrogen (secondary N) is 1. The minimum Gasteiger partial charge on any atom is -0.516 e. The standard InChI is InChI=1S/C46H58N4O5/c1-6-17-36(7-2)40(9-4)44(37(8-3)18-15-32-51)38-20-22-39(23-21-38)55-33-14-13-27-49-29-16-28-48(30-31-49)26-12-10-11-19-41-35(5)34-50(46(41)54)42-24-25-43(52)47-45(42)53/h6-8,10-11,15,17-23,32,42,51H,1-3,5,9,12-14,16,24-31,33-34H2,4H3,(H,47,52,53)/b11-10+,32-15+,36-17+,37-18+,41-19+,44-40-. The van der Waals surface area contributed by atoms with E-state index >= 15 is 0 Å². The summed E-state index contributed by atoms with van der Waals surface area (Å²) in [5.41, 5.74) is 6.25. The summed E-state index contributed by atoms with van der Waals surface area (Å²) in [6, 6.07) is 7.53. The molecule has 3 aliphatic rings. The highest BCUT2D eigenvalue weighted by molar-refractivity contribution is 6.06. The largest absolute Gasteiger partial charge is 0.516 e. The zero-order chi connectivity index (χ0) is 39.6. The van der Waals surface area contributed by atoms with Gasteiger partial charge in [-0.15, -0.1) is 0 Å². The molecular weight excluding hydrogens is 689 g/mol. The van der Waals surface area contributed by atoms with Crippen LogP contribution in [0.15, 0.2) is 139 Å². The van der Waals surface area contributed by atoms with Crippen molar-refractivity contribution in [3.05, 3.63) is 145 Å². The summed E-state index contributed by atoms with van der Waals surface area (Å²) in [6.45, 7) is 25.3. The monoisotopic (exact) mass is 746 g/mol. The van der Waals surface area contributed by atoms with Gasteiger partial charge in [-0.3, -0.25) is 19.7 Å². The number of hydrogen-bond donors (Lipinski definition) is 2. The van der Waals surface area contributed by atoms with Gasteiger partial charge in [0.25, 0.3) is 5.91 Å². The molecule has 1 atom stereocenters. The second kappa shape index (κ2) is 22.2. The van der Waals surface area contributed by atoms with E-state index in [1.807, 2.05) is 36.4 Å². The SMILES string of the molecule is C=C/C=C(C=C)/C(CC)=C(/C(C=C)=C/C=C/O)c1ccc(OCCCCN2CCCN(CC/C=C/C=C3\C(=C)CN(C4CCC(=O)NC4=O)C3=O)CC2)cc1. The molecule has 1 aromatic rings. The number of ether oxygens (including phenoxy) is 1. The predicted molar refractivity (Wildman–Crippen MR) is 223 cm³/mol. The van der Waals surface area contributed by atoms with Crippen LogP contribution in [-0.4, -0.2) is 96.0 Å². The van der Waals surface area contributed by atoms with Crippen molar-refractivity contribution in [2.75, 3.05) is 52.4 Å². The Bertz CT molecular complexity index is 1760. The Morgan fingerprint density at radius 1 is 0.945 bits per heavy atom. The number of unbranched alkanes of at least 4 members (excludes halogenated alkanes) is 1. The van der Waals surface area contributed by atoms with Gasteiger partial charge in [0.2, 0.25) is 11.8 Å². The van der Waals surface area contributed by atoms with Crippen molar-refractivity contribution in [2.24, 2.45) is 0 Å². The molecule has 0 spiro atoms. The van der Waals surface area contributed by atoms with Gasteiger partial charge in [0.1, 0.15) is 11.8 Å². The van der Waals surface area contributed by atoms with Gasteiger partial charge in [-0.05, 0) is 116 Å². The average Bonchev–Trinajstić information content (AvgIpc) is 3.31. The maximum atomic E-state index is 13.0.